The summed E-state index contributed by atoms with van der Waals surface area (Å²) in [4.78, 5) is 8.48. The summed E-state index contributed by atoms with van der Waals surface area (Å²) in [5, 5.41) is 0.392. The van der Waals surface area contributed by atoms with Gasteiger partial charge in [-0.2, -0.15) is 0 Å². The van der Waals surface area contributed by atoms with Crippen LogP contribution in [0, 0.1) is 19.7 Å². The quantitative estimate of drug-likeness (QED) is 0.733. The Balaban J connectivity index is 2.64. The van der Waals surface area contributed by atoms with Crippen molar-refractivity contribution >= 4 is 27.5 Å². The van der Waals surface area contributed by atoms with Crippen LogP contribution >= 0.6 is 27.5 Å². The van der Waals surface area contributed by atoms with E-state index >= 15 is 0 Å². The van der Waals surface area contributed by atoms with Gasteiger partial charge in [0.2, 0.25) is 0 Å². The van der Waals surface area contributed by atoms with Gasteiger partial charge >= 0.3 is 0 Å². The van der Waals surface area contributed by atoms with E-state index in [1.807, 2.05) is 13.8 Å². The summed E-state index contributed by atoms with van der Waals surface area (Å²) < 4.78 is 13.9. The first-order chi connectivity index (χ1) is 7.99. The summed E-state index contributed by atoms with van der Waals surface area (Å²) in [5.74, 6) is 0.0885. The summed E-state index contributed by atoms with van der Waals surface area (Å²) in [5.41, 5.74) is 2.22. The summed E-state index contributed by atoms with van der Waals surface area (Å²) in [6.45, 7) is 3.70. The first-order valence-corrected chi connectivity index (χ1v) is 6.12. The molecule has 0 N–H and O–H groups in total. The molecule has 2 rings (SSSR count). The molecule has 0 unspecified atom stereocenters. The van der Waals surface area contributed by atoms with Crippen molar-refractivity contribution in [2.75, 3.05) is 0 Å². The van der Waals surface area contributed by atoms with Gasteiger partial charge in [-0.25, -0.2) is 14.4 Å². The first kappa shape index (κ1) is 12.5. The molecule has 88 valence electrons. The molecule has 17 heavy (non-hydrogen) atoms. The largest absolute Gasteiger partial charge is 0.233 e. The molecule has 0 aliphatic carbocycles. The Labute approximate surface area is 112 Å². The van der Waals surface area contributed by atoms with Gasteiger partial charge in [-0.15, -0.1) is 0 Å². The molecule has 0 spiro atoms. The van der Waals surface area contributed by atoms with E-state index in [1.165, 1.54) is 12.1 Å². The molecule has 0 radical (unpaired) electrons. The lowest BCUT2D eigenvalue weighted by atomic mass is 10.2. The van der Waals surface area contributed by atoms with E-state index in [0.29, 0.717) is 16.5 Å². The number of halogens is 3. The second kappa shape index (κ2) is 4.70. The second-order valence-corrected chi connectivity index (χ2v) is 4.88. The summed E-state index contributed by atoms with van der Waals surface area (Å²) in [6.07, 6.45) is 0. The fourth-order valence-corrected chi connectivity index (χ4v) is 2.02. The SMILES string of the molecule is Cc1nc(-c2cc(F)ccc2Br)nc(Cl)c1C. The minimum absolute atomic E-state index is 0.332. The Morgan fingerprint density at radius 3 is 2.59 bits per heavy atom. The first-order valence-electron chi connectivity index (χ1n) is 4.95. The van der Waals surface area contributed by atoms with Crippen molar-refractivity contribution in [2.45, 2.75) is 13.8 Å². The normalized spacial score (nSPS) is 10.6. The Morgan fingerprint density at radius 2 is 1.94 bits per heavy atom. The zero-order chi connectivity index (χ0) is 12.6. The number of rotatable bonds is 1. The average Bonchev–Trinajstić information content (AvgIpc) is 2.28. The summed E-state index contributed by atoms with van der Waals surface area (Å²) in [6, 6.07) is 4.37. The molecule has 0 bridgehead atoms. The van der Waals surface area contributed by atoms with E-state index < -0.39 is 0 Å². The molecule has 1 aromatic heterocycles. The van der Waals surface area contributed by atoms with E-state index in [2.05, 4.69) is 25.9 Å². The van der Waals surface area contributed by atoms with E-state index in [0.717, 1.165) is 15.7 Å². The predicted octanol–water partition coefficient (Wildman–Crippen LogP) is 4.32. The second-order valence-electron chi connectivity index (χ2n) is 3.67. The van der Waals surface area contributed by atoms with Crippen LogP contribution in [0.25, 0.3) is 11.4 Å². The molecular weight excluding hydrogens is 307 g/mol. The van der Waals surface area contributed by atoms with E-state index in [9.17, 15) is 4.39 Å². The van der Waals surface area contributed by atoms with Crippen molar-refractivity contribution < 1.29 is 4.39 Å². The van der Waals surface area contributed by atoms with Crippen molar-refractivity contribution in [2.24, 2.45) is 0 Å². The lowest BCUT2D eigenvalue weighted by Crippen LogP contribution is -1.97. The Bertz CT molecular complexity index is 564. The van der Waals surface area contributed by atoms with Crippen molar-refractivity contribution in [1.82, 2.24) is 9.97 Å². The highest BCUT2D eigenvalue weighted by Gasteiger charge is 2.11. The number of nitrogens with zero attached hydrogens (tertiary/aromatic N) is 2. The number of aryl methyl sites for hydroxylation is 1. The molecule has 2 aromatic rings. The van der Waals surface area contributed by atoms with Crippen molar-refractivity contribution in [1.29, 1.82) is 0 Å². The third-order valence-corrected chi connectivity index (χ3v) is 3.56. The van der Waals surface area contributed by atoms with Crippen molar-refractivity contribution in [3.8, 4) is 11.4 Å². The van der Waals surface area contributed by atoms with Gasteiger partial charge in [0, 0.05) is 21.3 Å². The standard InChI is InChI=1S/C12H9BrClFN2/c1-6-7(2)16-12(17-11(6)14)9-5-8(15)3-4-10(9)13/h3-5H,1-2H3. The predicted molar refractivity (Wildman–Crippen MR) is 69.6 cm³/mol. The van der Waals surface area contributed by atoms with Gasteiger partial charge < -0.3 is 0 Å². The summed E-state index contributed by atoms with van der Waals surface area (Å²) in [7, 11) is 0. The van der Waals surface area contributed by atoms with Crippen LogP contribution in [0.15, 0.2) is 22.7 Å². The minimum atomic E-state index is -0.332. The molecule has 0 amide bonds. The molecular formula is C12H9BrClFN2. The Kier molecular flexibility index (Phi) is 3.45. The van der Waals surface area contributed by atoms with Crippen LogP contribution < -0.4 is 0 Å². The number of hydrogen-bond donors (Lipinski definition) is 0. The number of benzene rings is 1. The van der Waals surface area contributed by atoms with Crippen LogP contribution in [-0.4, -0.2) is 9.97 Å². The van der Waals surface area contributed by atoms with Crippen LogP contribution in [-0.2, 0) is 0 Å². The van der Waals surface area contributed by atoms with E-state index in [-0.39, 0.29) is 5.82 Å². The Hall–Kier alpha value is -1.00. The highest BCUT2D eigenvalue weighted by atomic mass is 79.9. The van der Waals surface area contributed by atoms with E-state index in [1.54, 1.807) is 6.07 Å². The van der Waals surface area contributed by atoms with Crippen molar-refractivity contribution in [3.63, 3.8) is 0 Å². The third kappa shape index (κ3) is 2.48. The maximum atomic E-state index is 13.2. The van der Waals surface area contributed by atoms with Gasteiger partial charge in [-0.1, -0.05) is 27.5 Å². The van der Waals surface area contributed by atoms with Gasteiger partial charge in [0.25, 0.3) is 0 Å². The molecule has 0 aliphatic heterocycles. The maximum Gasteiger partial charge on any atom is 0.162 e. The van der Waals surface area contributed by atoms with Crippen molar-refractivity contribution in [3.05, 3.63) is 44.9 Å². The van der Waals surface area contributed by atoms with Gasteiger partial charge in [0.1, 0.15) is 11.0 Å². The highest BCUT2D eigenvalue weighted by molar-refractivity contribution is 9.10. The van der Waals surface area contributed by atoms with Gasteiger partial charge in [-0.3, -0.25) is 0 Å². The molecule has 0 saturated heterocycles. The highest BCUT2D eigenvalue weighted by Crippen LogP contribution is 2.28. The molecule has 2 nitrogen and oxygen atoms in total. The fraction of sp³-hybridized carbons (Fsp3) is 0.167. The maximum absolute atomic E-state index is 13.2. The fourth-order valence-electron chi connectivity index (χ4n) is 1.38. The lowest BCUT2D eigenvalue weighted by Gasteiger charge is -2.07. The zero-order valence-corrected chi connectivity index (χ0v) is 11.6. The molecule has 0 fully saturated rings. The van der Waals surface area contributed by atoms with E-state index in [4.69, 9.17) is 11.6 Å². The minimum Gasteiger partial charge on any atom is -0.233 e. The van der Waals surface area contributed by atoms with Crippen LogP contribution in [0.4, 0.5) is 4.39 Å². The zero-order valence-electron chi connectivity index (χ0n) is 9.26. The average molecular weight is 316 g/mol. The third-order valence-electron chi connectivity index (χ3n) is 2.50. The monoisotopic (exact) mass is 314 g/mol. The van der Waals surface area contributed by atoms with Crippen LogP contribution in [0.1, 0.15) is 11.3 Å². The smallest absolute Gasteiger partial charge is 0.162 e. The molecule has 0 saturated carbocycles. The lowest BCUT2D eigenvalue weighted by molar-refractivity contribution is 0.628. The molecule has 1 heterocycles. The topological polar surface area (TPSA) is 25.8 Å². The Morgan fingerprint density at radius 1 is 1.24 bits per heavy atom. The molecule has 5 heteroatoms. The number of aromatic nitrogens is 2. The molecule has 0 atom stereocenters. The molecule has 0 aliphatic rings. The number of hydrogen-bond acceptors (Lipinski definition) is 2. The van der Waals surface area contributed by atoms with Crippen LogP contribution in [0.2, 0.25) is 5.15 Å². The molecule has 1 aromatic carbocycles. The van der Waals surface area contributed by atoms with Crippen LogP contribution in [0.5, 0.6) is 0 Å². The van der Waals surface area contributed by atoms with Crippen LogP contribution in [0.3, 0.4) is 0 Å². The van der Waals surface area contributed by atoms with Gasteiger partial charge in [0.15, 0.2) is 5.82 Å². The van der Waals surface area contributed by atoms with Gasteiger partial charge in [0.05, 0.1) is 0 Å². The van der Waals surface area contributed by atoms with Gasteiger partial charge in [-0.05, 0) is 32.0 Å². The summed E-state index contributed by atoms with van der Waals surface area (Å²) >= 11 is 9.35.